The molecule has 0 aliphatic heterocycles. The van der Waals surface area contributed by atoms with Gasteiger partial charge < -0.3 is 4.90 Å². The molecular weight excluding hydrogens is 540 g/mol. The van der Waals surface area contributed by atoms with Gasteiger partial charge in [0, 0.05) is 28.9 Å². The van der Waals surface area contributed by atoms with Crippen LogP contribution in [0.5, 0.6) is 0 Å². The molecule has 0 aliphatic rings. The van der Waals surface area contributed by atoms with Gasteiger partial charge in [-0.1, -0.05) is 115 Å². The Bertz CT molecular complexity index is 1970. The highest BCUT2D eigenvalue weighted by atomic mass is 16.6. The van der Waals surface area contributed by atoms with Crippen LogP contribution in [0.4, 0.5) is 22.7 Å². The zero-order chi connectivity index (χ0) is 29.9. The fourth-order valence-corrected chi connectivity index (χ4v) is 5.80. The van der Waals surface area contributed by atoms with E-state index in [1.807, 2.05) is 24.3 Å². The molecular formula is C40H28N2O2. The molecule has 0 fully saturated rings. The Morgan fingerprint density at radius 2 is 0.864 bits per heavy atom. The van der Waals surface area contributed by atoms with Gasteiger partial charge >= 0.3 is 0 Å². The van der Waals surface area contributed by atoms with E-state index in [1.54, 1.807) is 12.1 Å². The molecule has 0 aliphatic carbocycles. The third-order valence-electron chi connectivity index (χ3n) is 7.99. The van der Waals surface area contributed by atoms with E-state index in [4.69, 9.17) is 0 Å². The number of nitro groups is 1. The maximum Gasteiger partial charge on any atom is 0.269 e. The van der Waals surface area contributed by atoms with E-state index in [0.29, 0.717) is 0 Å². The van der Waals surface area contributed by atoms with Crippen molar-refractivity contribution in [2.75, 3.05) is 4.90 Å². The van der Waals surface area contributed by atoms with Crippen LogP contribution in [0.25, 0.3) is 44.2 Å². The lowest BCUT2D eigenvalue weighted by molar-refractivity contribution is -0.384. The number of rotatable bonds is 7. The van der Waals surface area contributed by atoms with E-state index in [-0.39, 0.29) is 10.6 Å². The van der Waals surface area contributed by atoms with Crippen molar-refractivity contribution in [3.63, 3.8) is 0 Å². The quantitative estimate of drug-likeness (QED) is 0.142. The number of benzene rings is 7. The Hall–Kier alpha value is -6.00. The predicted molar refractivity (Wildman–Crippen MR) is 182 cm³/mol. The molecule has 4 nitrogen and oxygen atoms in total. The molecule has 0 spiro atoms. The second-order valence-electron chi connectivity index (χ2n) is 10.6. The van der Waals surface area contributed by atoms with Crippen molar-refractivity contribution in [3.8, 4) is 33.4 Å². The molecule has 0 radical (unpaired) electrons. The van der Waals surface area contributed by atoms with Gasteiger partial charge in [0.05, 0.1) is 10.6 Å². The van der Waals surface area contributed by atoms with Gasteiger partial charge in [-0.15, -0.1) is 0 Å². The van der Waals surface area contributed by atoms with E-state index >= 15 is 0 Å². The lowest BCUT2D eigenvalue weighted by atomic mass is 9.96. The number of nitrogens with zero attached hydrogens (tertiary/aromatic N) is 2. The lowest BCUT2D eigenvalue weighted by Gasteiger charge is -2.27. The smallest absolute Gasteiger partial charge is 0.269 e. The molecule has 0 heterocycles. The molecule has 7 aromatic carbocycles. The summed E-state index contributed by atoms with van der Waals surface area (Å²) in [6.45, 7) is 0. The normalized spacial score (nSPS) is 10.9. The maximum absolute atomic E-state index is 11.3. The molecule has 0 saturated carbocycles. The summed E-state index contributed by atoms with van der Waals surface area (Å²) >= 11 is 0. The Balaban J connectivity index is 1.36. The summed E-state index contributed by atoms with van der Waals surface area (Å²) < 4.78 is 0. The Morgan fingerprint density at radius 1 is 0.409 bits per heavy atom. The first-order chi connectivity index (χ1) is 21.7. The topological polar surface area (TPSA) is 46.4 Å². The molecule has 0 aromatic heterocycles. The number of anilines is 3. The van der Waals surface area contributed by atoms with Gasteiger partial charge in [-0.3, -0.25) is 10.1 Å². The number of hydrogen-bond donors (Lipinski definition) is 0. The fourth-order valence-electron chi connectivity index (χ4n) is 5.80. The van der Waals surface area contributed by atoms with E-state index in [2.05, 4.69) is 138 Å². The number of hydrogen-bond acceptors (Lipinski definition) is 3. The first-order valence-electron chi connectivity index (χ1n) is 14.5. The molecule has 44 heavy (non-hydrogen) atoms. The van der Waals surface area contributed by atoms with Crippen LogP contribution in [-0.4, -0.2) is 4.92 Å². The Kier molecular flexibility index (Phi) is 7.15. The first kappa shape index (κ1) is 26.9. The van der Waals surface area contributed by atoms with E-state index < -0.39 is 0 Å². The minimum Gasteiger partial charge on any atom is -0.310 e. The highest BCUT2D eigenvalue weighted by Crippen LogP contribution is 2.42. The fraction of sp³-hybridized carbons (Fsp3) is 0. The van der Waals surface area contributed by atoms with Crippen molar-refractivity contribution in [1.29, 1.82) is 0 Å². The molecule has 0 atom stereocenters. The molecule has 0 bridgehead atoms. The zero-order valence-electron chi connectivity index (χ0n) is 23.9. The molecule has 0 unspecified atom stereocenters. The van der Waals surface area contributed by atoms with Crippen LogP contribution < -0.4 is 4.90 Å². The molecule has 210 valence electrons. The second-order valence-corrected chi connectivity index (χ2v) is 10.6. The van der Waals surface area contributed by atoms with Crippen LogP contribution >= 0.6 is 0 Å². The van der Waals surface area contributed by atoms with Crippen LogP contribution in [-0.2, 0) is 0 Å². The van der Waals surface area contributed by atoms with Crippen LogP contribution in [0.3, 0.4) is 0 Å². The van der Waals surface area contributed by atoms with Crippen molar-refractivity contribution >= 4 is 33.5 Å². The summed E-state index contributed by atoms with van der Waals surface area (Å²) in [4.78, 5) is 13.2. The predicted octanol–water partition coefficient (Wildman–Crippen LogP) is 11.2. The highest BCUT2D eigenvalue weighted by molar-refractivity contribution is 6.05. The van der Waals surface area contributed by atoms with Gasteiger partial charge in [0.1, 0.15) is 0 Å². The number of non-ortho nitro benzene ring substituents is 1. The SMILES string of the molecule is O=[N+]([O-])c1ccc(-c2cccc3c(N(c4ccc(-c5ccccc5)cc4)c4ccc(-c5ccccc5)cc4)cccc23)cc1. The third-order valence-corrected chi connectivity index (χ3v) is 7.99. The zero-order valence-corrected chi connectivity index (χ0v) is 23.9. The van der Waals surface area contributed by atoms with Crippen LogP contribution in [0.15, 0.2) is 170 Å². The molecule has 7 rings (SSSR count). The summed E-state index contributed by atoms with van der Waals surface area (Å²) in [5.41, 5.74) is 9.86. The Morgan fingerprint density at radius 3 is 1.39 bits per heavy atom. The highest BCUT2D eigenvalue weighted by Gasteiger charge is 2.17. The monoisotopic (exact) mass is 568 g/mol. The number of fused-ring (bicyclic) bond motifs is 1. The third kappa shape index (κ3) is 5.21. The average molecular weight is 569 g/mol. The first-order valence-corrected chi connectivity index (χ1v) is 14.5. The van der Waals surface area contributed by atoms with Crippen molar-refractivity contribution in [2.24, 2.45) is 0 Å². The summed E-state index contributed by atoms with van der Waals surface area (Å²) in [5.74, 6) is 0. The van der Waals surface area contributed by atoms with Gasteiger partial charge in [0.2, 0.25) is 0 Å². The number of nitro benzene ring substituents is 1. The lowest BCUT2D eigenvalue weighted by Crippen LogP contribution is -2.10. The average Bonchev–Trinajstić information content (AvgIpc) is 3.10. The molecule has 0 amide bonds. The minimum atomic E-state index is -0.366. The van der Waals surface area contributed by atoms with Crippen molar-refractivity contribution < 1.29 is 4.92 Å². The van der Waals surface area contributed by atoms with Gasteiger partial charge in [0.25, 0.3) is 5.69 Å². The van der Waals surface area contributed by atoms with Gasteiger partial charge in [0.15, 0.2) is 0 Å². The maximum atomic E-state index is 11.3. The molecule has 0 saturated heterocycles. The van der Waals surface area contributed by atoms with E-state index in [9.17, 15) is 10.1 Å². The largest absolute Gasteiger partial charge is 0.310 e. The molecule has 7 aromatic rings. The van der Waals surface area contributed by atoms with E-state index in [1.165, 1.54) is 11.1 Å². The second kappa shape index (κ2) is 11.7. The molecule has 0 N–H and O–H groups in total. The Labute approximate surface area is 256 Å². The van der Waals surface area contributed by atoms with Crippen molar-refractivity contribution in [3.05, 3.63) is 180 Å². The van der Waals surface area contributed by atoms with Gasteiger partial charge in [-0.05, 0) is 81.2 Å². The van der Waals surface area contributed by atoms with Crippen molar-refractivity contribution in [1.82, 2.24) is 0 Å². The van der Waals surface area contributed by atoms with Crippen LogP contribution in [0.1, 0.15) is 0 Å². The summed E-state index contributed by atoms with van der Waals surface area (Å²) in [6.07, 6.45) is 0. The van der Waals surface area contributed by atoms with Gasteiger partial charge in [-0.25, -0.2) is 0 Å². The summed E-state index contributed by atoms with van der Waals surface area (Å²) in [7, 11) is 0. The minimum absolute atomic E-state index is 0.0822. The van der Waals surface area contributed by atoms with Crippen LogP contribution in [0, 0.1) is 10.1 Å². The van der Waals surface area contributed by atoms with Crippen molar-refractivity contribution in [2.45, 2.75) is 0 Å². The van der Waals surface area contributed by atoms with Crippen LogP contribution in [0.2, 0.25) is 0 Å². The standard InChI is InChI=1S/C40H28N2O2/c43-42(44)36-27-21-33(22-28-36)37-13-7-15-39-38(37)14-8-16-40(39)41(34-23-17-31(18-24-34)29-9-3-1-4-10-29)35-25-19-32(20-26-35)30-11-5-2-6-12-30/h1-28H. The van der Waals surface area contributed by atoms with Gasteiger partial charge in [-0.2, -0.15) is 0 Å². The molecule has 4 heteroatoms. The summed E-state index contributed by atoms with van der Waals surface area (Å²) in [6, 6.07) is 57.5. The van der Waals surface area contributed by atoms with E-state index in [0.717, 1.165) is 50.1 Å². The summed E-state index contributed by atoms with van der Waals surface area (Å²) in [5, 5.41) is 13.4.